The van der Waals surface area contributed by atoms with Crippen LogP contribution in [0.2, 0.25) is 0 Å². The van der Waals surface area contributed by atoms with Crippen LogP contribution in [0.15, 0.2) is 16.6 Å². The predicted octanol–water partition coefficient (Wildman–Crippen LogP) is 3.65. The van der Waals surface area contributed by atoms with Crippen LogP contribution in [0.5, 0.6) is 0 Å². The van der Waals surface area contributed by atoms with Gasteiger partial charge in [-0.05, 0) is 50.7 Å². The van der Waals surface area contributed by atoms with Crippen molar-refractivity contribution in [1.82, 2.24) is 0 Å². The lowest BCUT2D eigenvalue weighted by Gasteiger charge is -2.09. The van der Waals surface area contributed by atoms with Gasteiger partial charge in [0.2, 0.25) is 0 Å². The Bertz CT molecular complexity index is 314. The lowest BCUT2D eigenvalue weighted by Crippen LogP contribution is -2.06. The molecule has 0 saturated carbocycles. The quantitative estimate of drug-likeness (QED) is 0.551. The first kappa shape index (κ1) is 11.1. The van der Waals surface area contributed by atoms with Crippen molar-refractivity contribution in [3.63, 3.8) is 0 Å². The molecule has 2 N–H and O–H groups in total. The van der Waals surface area contributed by atoms with Gasteiger partial charge < -0.3 is 5.73 Å². The second kappa shape index (κ2) is 3.64. The highest BCUT2D eigenvalue weighted by atomic mass is 127. The molecule has 0 aliphatic heterocycles. The van der Waals surface area contributed by atoms with Gasteiger partial charge in [0.25, 0.3) is 0 Å². The molecule has 0 fully saturated rings. The smallest absolute Gasteiger partial charge is 0.398 e. The van der Waals surface area contributed by atoms with Crippen LogP contribution in [0.3, 0.4) is 0 Å². The van der Waals surface area contributed by atoms with Gasteiger partial charge in [-0.1, -0.05) is 0 Å². The summed E-state index contributed by atoms with van der Waals surface area (Å²) in [4.78, 5) is 0. The molecule has 0 aromatic heterocycles. The van der Waals surface area contributed by atoms with Gasteiger partial charge in [-0.15, -0.1) is 0 Å². The van der Waals surface area contributed by atoms with Crippen LogP contribution in [0.4, 0.5) is 18.9 Å². The Kier molecular flexibility index (Phi) is 3.11. The molecule has 0 aliphatic carbocycles. The molecule has 13 heavy (non-hydrogen) atoms. The molecule has 72 valence electrons. The third kappa shape index (κ3) is 2.49. The maximum atomic E-state index is 12.2. The van der Waals surface area contributed by atoms with E-state index in [2.05, 4.69) is 15.9 Å². The van der Waals surface area contributed by atoms with Crippen molar-refractivity contribution in [2.75, 3.05) is 5.73 Å². The molecule has 0 heterocycles. The van der Waals surface area contributed by atoms with E-state index in [9.17, 15) is 13.2 Å². The fourth-order valence-corrected chi connectivity index (χ4v) is 1.65. The van der Waals surface area contributed by atoms with Crippen molar-refractivity contribution in [3.05, 3.63) is 25.7 Å². The first-order valence-electron chi connectivity index (χ1n) is 3.14. The SMILES string of the molecule is Nc1cc(C(F)(F)F)cc(I)c1Br. The van der Waals surface area contributed by atoms with Gasteiger partial charge in [0.1, 0.15) is 0 Å². The van der Waals surface area contributed by atoms with E-state index in [0.717, 1.165) is 12.1 Å². The van der Waals surface area contributed by atoms with Crippen molar-refractivity contribution >= 4 is 44.2 Å². The molecular formula is C7H4BrF3IN. The van der Waals surface area contributed by atoms with E-state index in [4.69, 9.17) is 5.73 Å². The zero-order chi connectivity index (χ0) is 10.2. The van der Waals surface area contributed by atoms with E-state index in [1.54, 1.807) is 22.6 Å². The van der Waals surface area contributed by atoms with Crippen LogP contribution < -0.4 is 5.73 Å². The summed E-state index contributed by atoms with van der Waals surface area (Å²) in [6.07, 6.45) is -4.34. The number of halogens is 5. The van der Waals surface area contributed by atoms with E-state index in [-0.39, 0.29) is 5.69 Å². The largest absolute Gasteiger partial charge is 0.416 e. The Hall–Kier alpha value is 0.0200. The Morgan fingerprint density at radius 2 is 1.85 bits per heavy atom. The monoisotopic (exact) mass is 365 g/mol. The second-order valence-electron chi connectivity index (χ2n) is 2.36. The molecule has 0 aliphatic rings. The molecule has 1 aromatic rings. The van der Waals surface area contributed by atoms with Crippen LogP contribution in [0.25, 0.3) is 0 Å². The Balaban J connectivity index is 3.29. The standard InChI is InChI=1S/C7H4BrF3IN/c8-6-4(12)1-3(2-5(6)13)7(9,10)11/h1-2H,13H2. The van der Waals surface area contributed by atoms with Crippen molar-refractivity contribution in [2.24, 2.45) is 0 Å². The Morgan fingerprint density at radius 3 is 2.23 bits per heavy atom. The van der Waals surface area contributed by atoms with E-state index < -0.39 is 11.7 Å². The first-order valence-corrected chi connectivity index (χ1v) is 5.01. The Labute approximate surface area is 94.8 Å². The lowest BCUT2D eigenvalue weighted by molar-refractivity contribution is -0.137. The summed E-state index contributed by atoms with van der Waals surface area (Å²) in [7, 11) is 0. The maximum absolute atomic E-state index is 12.2. The molecule has 0 atom stereocenters. The molecule has 0 spiro atoms. The minimum atomic E-state index is -4.34. The highest BCUT2D eigenvalue weighted by Gasteiger charge is 2.31. The number of hydrogen-bond acceptors (Lipinski definition) is 1. The second-order valence-corrected chi connectivity index (χ2v) is 4.31. The number of hydrogen-bond donors (Lipinski definition) is 1. The molecule has 0 unspecified atom stereocenters. The van der Waals surface area contributed by atoms with Gasteiger partial charge in [-0.3, -0.25) is 0 Å². The summed E-state index contributed by atoms with van der Waals surface area (Å²) in [5.41, 5.74) is 4.74. The number of benzene rings is 1. The van der Waals surface area contributed by atoms with Gasteiger partial charge in [-0.25, -0.2) is 0 Å². The lowest BCUT2D eigenvalue weighted by atomic mass is 10.2. The van der Waals surface area contributed by atoms with Crippen LogP contribution in [0, 0.1) is 3.57 Å². The minimum absolute atomic E-state index is 0.0965. The normalized spacial score (nSPS) is 11.8. The van der Waals surface area contributed by atoms with Crippen molar-refractivity contribution < 1.29 is 13.2 Å². The Morgan fingerprint density at radius 1 is 1.31 bits per heavy atom. The summed E-state index contributed by atoms with van der Waals surface area (Å²) in [6.45, 7) is 0. The van der Waals surface area contributed by atoms with Gasteiger partial charge in [0.05, 0.1) is 10.0 Å². The number of nitrogens with two attached hydrogens (primary N) is 1. The zero-order valence-electron chi connectivity index (χ0n) is 6.12. The molecule has 0 radical (unpaired) electrons. The van der Waals surface area contributed by atoms with Gasteiger partial charge in [0, 0.05) is 9.26 Å². The minimum Gasteiger partial charge on any atom is -0.398 e. The summed E-state index contributed by atoms with van der Waals surface area (Å²) < 4.78 is 37.6. The molecule has 1 aromatic carbocycles. The first-order chi connectivity index (χ1) is 5.82. The molecule has 1 nitrogen and oxygen atoms in total. The molecule has 0 saturated heterocycles. The van der Waals surface area contributed by atoms with Crippen molar-refractivity contribution in [3.8, 4) is 0 Å². The molecule has 1 rings (SSSR count). The average Bonchev–Trinajstić information content (AvgIpc) is 1.97. The summed E-state index contributed by atoms with van der Waals surface area (Å²) in [5.74, 6) is 0. The predicted molar refractivity (Wildman–Crippen MR) is 56.3 cm³/mol. The third-order valence-electron chi connectivity index (χ3n) is 1.38. The summed E-state index contributed by atoms with van der Waals surface area (Å²) in [6, 6.07) is 1.95. The number of anilines is 1. The van der Waals surface area contributed by atoms with E-state index >= 15 is 0 Å². The fourth-order valence-electron chi connectivity index (χ4n) is 0.774. The molecule has 6 heteroatoms. The fraction of sp³-hybridized carbons (Fsp3) is 0.143. The number of nitrogen functional groups attached to an aromatic ring is 1. The van der Waals surface area contributed by atoms with Crippen LogP contribution in [-0.4, -0.2) is 0 Å². The van der Waals surface area contributed by atoms with Crippen LogP contribution >= 0.6 is 38.5 Å². The van der Waals surface area contributed by atoms with Gasteiger partial charge in [0.15, 0.2) is 0 Å². The maximum Gasteiger partial charge on any atom is 0.416 e. The topological polar surface area (TPSA) is 26.0 Å². The van der Waals surface area contributed by atoms with Gasteiger partial charge in [-0.2, -0.15) is 13.2 Å². The van der Waals surface area contributed by atoms with Crippen LogP contribution in [-0.2, 0) is 6.18 Å². The number of rotatable bonds is 0. The summed E-state index contributed by atoms with van der Waals surface area (Å²) >= 11 is 4.87. The van der Waals surface area contributed by atoms with Crippen molar-refractivity contribution in [1.29, 1.82) is 0 Å². The average molecular weight is 366 g/mol. The van der Waals surface area contributed by atoms with E-state index in [1.165, 1.54) is 0 Å². The molecule has 0 amide bonds. The van der Waals surface area contributed by atoms with Gasteiger partial charge >= 0.3 is 6.18 Å². The zero-order valence-corrected chi connectivity index (χ0v) is 9.87. The highest BCUT2D eigenvalue weighted by molar-refractivity contribution is 14.1. The molecular weight excluding hydrogens is 362 g/mol. The highest BCUT2D eigenvalue weighted by Crippen LogP contribution is 2.35. The summed E-state index contributed by atoms with van der Waals surface area (Å²) in [5, 5.41) is 0. The van der Waals surface area contributed by atoms with E-state index in [0.29, 0.717) is 8.04 Å². The number of alkyl halides is 3. The van der Waals surface area contributed by atoms with E-state index in [1.807, 2.05) is 0 Å². The van der Waals surface area contributed by atoms with Crippen molar-refractivity contribution in [2.45, 2.75) is 6.18 Å². The molecule has 0 bridgehead atoms. The van der Waals surface area contributed by atoms with Crippen LogP contribution in [0.1, 0.15) is 5.56 Å². The third-order valence-corrected chi connectivity index (χ3v) is 3.86.